The molecule has 0 unspecified atom stereocenters. The van der Waals surface area contributed by atoms with Gasteiger partial charge in [-0.15, -0.1) is 5.10 Å². The number of imidazole rings is 1. The Hall–Kier alpha value is -6.24. The average molecular weight is 894 g/mol. The summed E-state index contributed by atoms with van der Waals surface area (Å²) in [7, 11) is 3.49. The molecule has 332 valence electrons. The van der Waals surface area contributed by atoms with Gasteiger partial charge in [0.05, 0.1) is 46.4 Å². The fourth-order valence-electron chi connectivity index (χ4n) is 9.74. The number of rotatable bonds is 10. The molecule has 16 nitrogen and oxygen atoms in total. The van der Waals surface area contributed by atoms with Crippen molar-refractivity contribution in [1.82, 2.24) is 40.0 Å². The Morgan fingerprint density at radius 2 is 1.77 bits per heavy atom. The van der Waals surface area contributed by atoms with E-state index in [-0.39, 0.29) is 73.3 Å². The predicted octanol–water partition coefficient (Wildman–Crippen LogP) is 5.52. The maximum atomic E-state index is 16.0. The number of pyridine rings is 1. The molecule has 1 aliphatic carbocycles. The molecule has 3 saturated heterocycles. The number of methoxy groups -OCH3 is 1. The summed E-state index contributed by atoms with van der Waals surface area (Å²) in [6.07, 6.45) is 6.00. The third kappa shape index (κ3) is 7.26. The Labute approximate surface area is 371 Å². The highest BCUT2D eigenvalue weighted by Crippen LogP contribution is 2.51. The fraction of sp³-hybridized carbons (Fsp3) is 0.400. The molecule has 1 saturated carbocycles. The number of carbonyl (C=O) groups is 4. The largest absolute Gasteiger partial charge is 0.385 e. The minimum Gasteiger partial charge on any atom is -0.385 e. The number of hydrogen-bond donors (Lipinski definition) is 3. The Bertz CT molecular complexity index is 2700. The highest BCUT2D eigenvalue weighted by Gasteiger charge is 2.62. The highest BCUT2D eigenvalue weighted by atomic mass is 35.5. The molecule has 64 heavy (non-hydrogen) atoms. The van der Waals surface area contributed by atoms with Crippen LogP contribution in [-0.2, 0) is 22.5 Å². The zero-order chi connectivity index (χ0) is 44.5. The van der Waals surface area contributed by atoms with Crippen molar-refractivity contribution < 1.29 is 32.7 Å². The summed E-state index contributed by atoms with van der Waals surface area (Å²) in [6, 6.07) is 15.7. The molecule has 10 rings (SSSR count). The number of halogens is 3. The molecule has 5 aliphatic rings. The van der Waals surface area contributed by atoms with Gasteiger partial charge in [0.1, 0.15) is 0 Å². The van der Waals surface area contributed by atoms with E-state index in [0.29, 0.717) is 30.2 Å². The van der Waals surface area contributed by atoms with Crippen molar-refractivity contribution in [2.75, 3.05) is 68.5 Å². The number of nitrogens with zero attached hydrogens (tertiary/aromatic N) is 8. The summed E-state index contributed by atoms with van der Waals surface area (Å²) in [5.41, 5.74) is 5.57. The summed E-state index contributed by atoms with van der Waals surface area (Å²) in [4.78, 5) is 66.9. The normalized spacial score (nSPS) is 21.4. The zero-order valence-electron chi connectivity index (χ0n) is 35.2. The van der Waals surface area contributed by atoms with Crippen LogP contribution in [0.1, 0.15) is 57.7 Å². The monoisotopic (exact) mass is 893 g/mol. The number of hydrogen-bond acceptors (Lipinski definition) is 11. The number of imide groups is 1. The van der Waals surface area contributed by atoms with Crippen molar-refractivity contribution in [2.24, 2.45) is 5.41 Å². The van der Waals surface area contributed by atoms with Crippen LogP contribution in [0.2, 0.25) is 5.02 Å². The second-order valence-electron chi connectivity index (χ2n) is 17.3. The van der Waals surface area contributed by atoms with Crippen LogP contribution >= 0.6 is 11.6 Å². The van der Waals surface area contributed by atoms with Crippen LogP contribution in [0.5, 0.6) is 0 Å². The summed E-state index contributed by atoms with van der Waals surface area (Å²) in [5.74, 6) is -3.68. The molecule has 0 bridgehead atoms. The lowest BCUT2D eigenvalue weighted by Crippen LogP contribution is -2.70. The van der Waals surface area contributed by atoms with E-state index in [2.05, 4.69) is 31.9 Å². The molecule has 4 aliphatic heterocycles. The molecular formula is C45H46ClF2N11O5. The minimum absolute atomic E-state index is 0.0419. The van der Waals surface area contributed by atoms with Gasteiger partial charge in [-0.2, -0.15) is 0 Å². The van der Waals surface area contributed by atoms with Crippen molar-refractivity contribution in [3.63, 3.8) is 0 Å². The van der Waals surface area contributed by atoms with Crippen molar-refractivity contribution in [1.29, 1.82) is 0 Å². The van der Waals surface area contributed by atoms with Crippen LogP contribution in [0.15, 0.2) is 67.0 Å². The number of aromatic nitrogens is 4. The third-order valence-corrected chi connectivity index (χ3v) is 13.8. The summed E-state index contributed by atoms with van der Waals surface area (Å²) >= 11 is 6.35. The number of benzene rings is 2. The van der Waals surface area contributed by atoms with Gasteiger partial charge >= 0.3 is 6.03 Å². The molecule has 4 fully saturated rings. The molecule has 0 radical (unpaired) electrons. The standard InChI is InChI=1S/C45H46ClF2N11O5/c1-49-34-19-38(54-59-37(21-51-40(34)59)41(61)52-28-17-29(18-28)64-2)57-13-10-31-30(4-3-5-35(31)57)33-9-6-26(20-50-33)22-55-23-44(24-55)12-15-56(25-45(44,47)48)42(62)27-7-8-32(46)36(16-27)58-14-11-39(60)53-43(58)63/h3-9,16,19-21,28-29,49H,10-15,17-18,22-25H2,1-2H3,(H,52,61)(H,53,60,63). The number of urea groups is 1. The van der Waals surface area contributed by atoms with Gasteiger partial charge in [0.2, 0.25) is 5.91 Å². The van der Waals surface area contributed by atoms with E-state index in [0.717, 1.165) is 53.0 Å². The first-order valence-corrected chi connectivity index (χ1v) is 21.8. The molecule has 5 aromatic rings. The lowest BCUT2D eigenvalue weighted by molar-refractivity contribution is -0.220. The lowest BCUT2D eigenvalue weighted by atomic mass is 9.69. The number of alkyl halides is 2. The number of carbonyl (C=O) groups excluding carboxylic acids is 4. The van der Waals surface area contributed by atoms with Gasteiger partial charge in [0.25, 0.3) is 17.7 Å². The van der Waals surface area contributed by atoms with Crippen LogP contribution < -0.4 is 25.8 Å². The second kappa shape index (κ2) is 16.1. The van der Waals surface area contributed by atoms with E-state index in [1.165, 1.54) is 28.0 Å². The van der Waals surface area contributed by atoms with Crippen LogP contribution in [0, 0.1) is 5.41 Å². The smallest absolute Gasteiger partial charge is 0.328 e. The number of likely N-dealkylation sites (tertiary alicyclic amines) is 2. The van der Waals surface area contributed by atoms with Crippen LogP contribution in [0.4, 0.5) is 36.5 Å². The first-order chi connectivity index (χ1) is 30.8. The molecule has 2 aromatic carbocycles. The molecule has 7 heterocycles. The molecule has 3 N–H and O–H groups in total. The van der Waals surface area contributed by atoms with Gasteiger partial charge < -0.3 is 25.2 Å². The maximum Gasteiger partial charge on any atom is 0.328 e. The number of nitrogens with one attached hydrogen (secondary N) is 3. The summed E-state index contributed by atoms with van der Waals surface area (Å²) < 4.78 is 38.9. The summed E-state index contributed by atoms with van der Waals surface area (Å²) in [5, 5.41) is 13.6. The SMILES string of the molecule is CNc1cc(N2CCc3c(-c4ccc(CN5CC6(CCN(C(=O)c7ccc(Cl)c(N8CCC(=O)NC8=O)c7)CC6(F)F)C5)cn4)cccc32)nn2c(C(=O)NC3CC(OC)C3)cnc12. The van der Waals surface area contributed by atoms with Gasteiger partial charge in [-0.25, -0.2) is 23.1 Å². The predicted molar refractivity (Wildman–Crippen MR) is 234 cm³/mol. The van der Waals surface area contributed by atoms with E-state index in [1.807, 2.05) is 42.3 Å². The van der Waals surface area contributed by atoms with E-state index in [4.69, 9.17) is 26.4 Å². The third-order valence-electron chi connectivity index (χ3n) is 13.4. The molecular weight excluding hydrogens is 848 g/mol. The first-order valence-electron chi connectivity index (χ1n) is 21.4. The Kier molecular flexibility index (Phi) is 10.5. The Morgan fingerprint density at radius 3 is 2.50 bits per heavy atom. The number of piperidine rings is 1. The van der Waals surface area contributed by atoms with Gasteiger partial charge in [0, 0.05) is 95.0 Å². The van der Waals surface area contributed by atoms with Crippen molar-refractivity contribution >= 4 is 63.9 Å². The van der Waals surface area contributed by atoms with E-state index >= 15 is 8.78 Å². The minimum atomic E-state index is -3.13. The summed E-state index contributed by atoms with van der Waals surface area (Å²) in [6.45, 7) is 1.04. The highest BCUT2D eigenvalue weighted by molar-refractivity contribution is 6.34. The molecule has 3 aromatic heterocycles. The fourth-order valence-corrected chi connectivity index (χ4v) is 9.96. The van der Waals surface area contributed by atoms with E-state index in [1.54, 1.807) is 24.0 Å². The molecule has 0 atom stereocenters. The van der Waals surface area contributed by atoms with Gasteiger partial charge in [-0.3, -0.25) is 34.5 Å². The van der Waals surface area contributed by atoms with Gasteiger partial charge in [-0.05, 0) is 67.1 Å². The van der Waals surface area contributed by atoms with Crippen LogP contribution in [0.3, 0.4) is 0 Å². The molecule has 5 amide bonds. The Morgan fingerprint density at radius 1 is 0.953 bits per heavy atom. The second-order valence-corrected chi connectivity index (χ2v) is 17.7. The topological polar surface area (TPSA) is 170 Å². The average Bonchev–Trinajstić information content (AvgIpc) is 3.90. The van der Waals surface area contributed by atoms with Crippen LogP contribution in [0.25, 0.3) is 16.9 Å². The quantitative estimate of drug-likeness (QED) is 0.162. The Balaban J connectivity index is 0.784. The zero-order valence-corrected chi connectivity index (χ0v) is 36.0. The van der Waals surface area contributed by atoms with Crippen LogP contribution in [-0.4, -0.2) is 125 Å². The molecule has 19 heteroatoms. The van der Waals surface area contributed by atoms with Crippen molar-refractivity contribution in [3.8, 4) is 11.3 Å². The van der Waals surface area contributed by atoms with Gasteiger partial charge in [0.15, 0.2) is 17.2 Å². The number of amides is 5. The first kappa shape index (κ1) is 41.8. The van der Waals surface area contributed by atoms with Gasteiger partial charge in [-0.1, -0.05) is 29.8 Å². The number of fused-ring (bicyclic) bond motifs is 2. The maximum absolute atomic E-state index is 16.0. The van der Waals surface area contributed by atoms with Crippen molar-refractivity contribution in [3.05, 3.63) is 94.4 Å². The van der Waals surface area contributed by atoms with E-state index < -0.39 is 35.7 Å². The van der Waals surface area contributed by atoms with E-state index in [9.17, 15) is 19.2 Å². The molecule has 1 spiro atoms. The van der Waals surface area contributed by atoms with Crippen molar-refractivity contribution in [2.45, 2.75) is 56.7 Å². The number of anilines is 4. The lowest BCUT2D eigenvalue weighted by Gasteiger charge is -2.57. The number of ether oxygens (including phenoxy) is 1.